The molecule has 0 aliphatic rings. The summed E-state index contributed by atoms with van der Waals surface area (Å²) in [6, 6.07) is 47.6. The van der Waals surface area contributed by atoms with Crippen molar-refractivity contribution in [2.45, 2.75) is 34.6 Å². The summed E-state index contributed by atoms with van der Waals surface area (Å²) >= 11 is 0. The van der Waals surface area contributed by atoms with Crippen LogP contribution in [0.3, 0.4) is 0 Å². The van der Waals surface area contributed by atoms with Crippen molar-refractivity contribution in [2.75, 3.05) is 0 Å². The topological polar surface area (TPSA) is 51.2 Å². The summed E-state index contributed by atoms with van der Waals surface area (Å²) in [6.07, 6.45) is 0. The Morgan fingerprint density at radius 2 is 0.766 bits per heavy atom. The van der Waals surface area contributed by atoms with Crippen molar-refractivity contribution in [2.24, 2.45) is 0 Å². The fourth-order valence-electron chi connectivity index (χ4n) is 5.39. The molecule has 6 aromatic carbocycles. The standard InChI is InChI=1S/C16H16O.2C14H12O/c1-11-9-12(2)15(13(3)10-11)16(17)14-7-5-4-6-8-14;1-11-7-5-6-10-13(11)14(15)12-8-3-2-4-9-12;1-11-6-5-9-13(10-11)14(15)12-7-3-2-4-8-12/h4-10H,1-3H3;2*2-10H,1H3. The van der Waals surface area contributed by atoms with E-state index in [9.17, 15) is 14.4 Å². The predicted molar refractivity (Wildman–Crippen MR) is 193 cm³/mol. The zero-order valence-corrected chi connectivity index (χ0v) is 27.7. The molecule has 6 rings (SSSR count). The van der Waals surface area contributed by atoms with Crippen LogP contribution in [0.5, 0.6) is 0 Å². The van der Waals surface area contributed by atoms with Gasteiger partial charge in [-0.2, -0.15) is 0 Å². The van der Waals surface area contributed by atoms with Crippen LogP contribution in [0.25, 0.3) is 0 Å². The van der Waals surface area contributed by atoms with Crippen LogP contribution >= 0.6 is 0 Å². The lowest BCUT2D eigenvalue weighted by Crippen LogP contribution is -2.06. The second-order valence-electron chi connectivity index (χ2n) is 11.5. The highest BCUT2D eigenvalue weighted by Crippen LogP contribution is 2.20. The molecule has 0 atom stereocenters. The second kappa shape index (κ2) is 16.6. The predicted octanol–water partition coefficient (Wildman–Crippen LogP) is 10.3. The lowest BCUT2D eigenvalue weighted by Gasteiger charge is -2.10. The minimum Gasteiger partial charge on any atom is -0.289 e. The highest BCUT2D eigenvalue weighted by Gasteiger charge is 2.14. The number of carbonyl (C=O) groups excluding carboxylic acids is 3. The Bertz CT molecular complexity index is 1930. The molecule has 0 aliphatic heterocycles. The molecular weight excluding hydrogens is 576 g/mol. The Morgan fingerprint density at radius 3 is 1.26 bits per heavy atom. The number of hydrogen-bond donors (Lipinski definition) is 0. The lowest BCUT2D eigenvalue weighted by molar-refractivity contribution is 0.103. The van der Waals surface area contributed by atoms with Crippen molar-refractivity contribution in [3.05, 3.63) is 213 Å². The lowest BCUT2D eigenvalue weighted by atomic mass is 9.93. The molecule has 0 unspecified atom stereocenters. The van der Waals surface area contributed by atoms with Crippen LogP contribution in [0.2, 0.25) is 0 Å². The fourth-order valence-corrected chi connectivity index (χ4v) is 5.39. The monoisotopic (exact) mass is 616 g/mol. The first-order chi connectivity index (χ1) is 22.7. The maximum atomic E-state index is 12.4. The Labute approximate surface area is 278 Å². The van der Waals surface area contributed by atoms with E-state index in [4.69, 9.17) is 0 Å². The van der Waals surface area contributed by atoms with Gasteiger partial charge in [0.1, 0.15) is 0 Å². The molecule has 0 radical (unpaired) electrons. The van der Waals surface area contributed by atoms with Gasteiger partial charge in [-0.1, -0.05) is 157 Å². The normalized spacial score (nSPS) is 10.1. The third-order valence-electron chi connectivity index (χ3n) is 7.68. The smallest absolute Gasteiger partial charge is 0.193 e. The van der Waals surface area contributed by atoms with Gasteiger partial charge in [-0.3, -0.25) is 14.4 Å². The molecule has 0 bridgehead atoms. The van der Waals surface area contributed by atoms with Crippen molar-refractivity contribution >= 4 is 17.3 Å². The highest BCUT2D eigenvalue weighted by molar-refractivity contribution is 6.11. The van der Waals surface area contributed by atoms with Crippen molar-refractivity contribution in [1.82, 2.24) is 0 Å². The molecule has 3 nitrogen and oxygen atoms in total. The Morgan fingerprint density at radius 1 is 0.340 bits per heavy atom. The van der Waals surface area contributed by atoms with Gasteiger partial charge in [0.25, 0.3) is 0 Å². The molecule has 0 saturated heterocycles. The van der Waals surface area contributed by atoms with E-state index in [0.29, 0.717) is 0 Å². The van der Waals surface area contributed by atoms with E-state index in [2.05, 4.69) is 19.1 Å². The number of aryl methyl sites for hydroxylation is 5. The Hall–Kier alpha value is -5.67. The van der Waals surface area contributed by atoms with E-state index >= 15 is 0 Å². The van der Waals surface area contributed by atoms with Crippen molar-refractivity contribution in [3.8, 4) is 0 Å². The first-order valence-electron chi connectivity index (χ1n) is 15.6. The van der Waals surface area contributed by atoms with Crippen molar-refractivity contribution in [1.29, 1.82) is 0 Å². The van der Waals surface area contributed by atoms with Crippen LogP contribution in [-0.4, -0.2) is 17.3 Å². The maximum Gasteiger partial charge on any atom is 0.193 e. The van der Waals surface area contributed by atoms with Crippen LogP contribution in [-0.2, 0) is 0 Å². The average Bonchev–Trinajstić information content (AvgIpc) is 3.09. The van der Waals surface area contributed by atoms with Crippen LogP contribution < -0.4 is 0 Å². The quantitative estimate of drug-likeness (QED) is 0.175. The van der Waals surface area contributed by atoms with Crippen LogP contribution in [0, 0.1) is 34.6 Å². The second-order valence-corrected chi connectivity index (χ2v) is 11.5. The van der Waals surface area contributed by atoms with E-state index in [-0.39, 0.29) is 17.3 Å². The summed E-state index contributed by atoms with van der Waals surface area (Å²) in [5.41, 5.74) is 10.0. The van der Waals surface area contributed by atoms with E-state index < -0.39 is 0 Å². The molecule has 47 heavy (non-hydrogen) atoms. The number of hydrogen-bond acceptors (Lipinski definition) is 3. The summed E-state index contributed by atoms with van der Waals surface area (Å²) in [5.74, 6) is 0.286. The third kappa shape index (κ3) is 9.42. The van der Waals surface area contributed by atoms with Crippen molar-refractivity contribution in [3.63, 3.8) is 0 Å². The van der Waals surface area contributed by atoms with Gasteiger partial charge in [-0.05, 0) is 57.4 Å². The zero-order chi connectivity index (χ0) is 33.8. The summed E-state index contributed by atoms with van der Waals surface area (Å²) in [4.78, 5) is 36.5. The zero-order valence-electron chi connectivity index (χ0n) is 27.7. The fraction of sp³-hybridized carbons (Fsp3) is 0.114. The molecule has 0 aromatic heterocycles. The van der Waals surface area contributed by atoms with Gasteiger partial charge < -0.3 is 0 Å². The van der Waals surface area contributed by atoms with Gasteiger partial charge in [0.05, 0.1) is 0 Å². The van der Waals surface area contributed by atoms with E-state index in [1.54, 1.807) is 0 Å². The van der Waals surface area contributed by atoms with Gasteiger partial charge in [0.2, 0.25) is 0 Å². The number of rotatable bonds is 6. The Kier molecular flexibility index (Phi) is 12.1. The Balaban J connectivity index is 0.000000160. The molecule has 0 heterocycles. The van der Waals surface area contributed by atoms with Gasteiger partial charge in [-0.15, -0.1) is 0 Å². The number of carbonyl (C=O) groups is 3. The van der Waals surface area contributed by atoms with Crippen LogP contribution in [0.1, 0.15) is 75.6 Å². The molecule has 3 heteroatoms. The first kappa shape index (κ1) is 34.2. The molecule has 6 aromatic rings. The minimum absolute atomic E-state index is 0.0827. The first-order valence-corrected chi connectivity index (χ1v) is 15.6. The number of benzene rings is 6. The summed E-state index contributed by atoms with van der Waals surface area (Å²) in [6.45, 7) is 9.99. The molecular formula is C44H40O3. The molecule has 0 N–H and O–H groups in total. The van der Waals surface area contributed by atoms with E-state index in [1.807, 2.05) is 167 Å². The summed E-state index contributed by atoms with van der Waals surface area (Å²) in [7, 11) is 0. The third-order valence-corrected chi connectivity index (χ3v) is 7.68. The van der Waals surface area contributed by atoms with Gasteiger partial charge in [0, 0.05) is 33.4 Å². The van der Waals surface area contributed by atoms with E-state index in [1.165, 1.54) is 5.56 Å². The molecule has 0 saturated carbocycles. The maximum absolute atomic E-state index is 12.4. The number of ketones is 3. The van der Waals surface area contributed by atoms with Crippen molar-refractivity contribution < 1.29 is 14.4 Å². The SMILES string of the molecule is Cc1cc(C)c(C(=O)c2ccccc2)c(C)c1.Cc1cccc(C(=O)c2ccccc2)c1.Cc1ccccc1C(=O)c1ccccc1. The van der Waals surface area contributed by atoms with Crippen LogP contribution in [0.4, 0.5) is 0 Å². The largest absolute Gasteiger partial charge is 0.289 e. The average molecular weight is 617 g/mol. The van der Waals surface area contributed by atoms with Crippen LogP contribution in [0.15, 0.2) is 152 Å². The molecule has 0 fully saturated rings. The molecule has 234 valence electrons. The molecule has 0 spiro atoms. The van der Waals surface area contributed by atoms with Gasteiger partial charge in [0.15, 0.2) is 17.3 Å². The molecule has 0 amide bonds. The minimum atomic E-state index is 0.0827. The van der Waals surface area contributed by atoms with Gasteiger partial charge in [-0.25, -0.2) is 0 Å². The highest BCUT2D eigenvalue weighted by atomic mass is 16.1. The summed E-state index contributed by atoms with van der Waals surface area (Å²) < 4.78 is 0. The van der Waals surface area contributed by atoms with Gasteiger partial charge >= 0.3 is 0 Å². The van der Waals surface area contributed by atoms with E-state index in [0.717, 1.165) is 55.6 Å². The molecule has 0 aliphatic carbocycles. The summed E-state index contributed by atoms with van der Waals surface area (Å²) in [5, 5.41) is 0.